The highest BCUT2D eigenvalue weighted by atomic mass is 35.5. The van der Waals surface area contributed by atoms with Crippen LogP contribution in [0.2, 0.25) is 5.02 Å². The van der Waals surface area contributed by atoms with Crippen molar-refractivity contribution in [3.63, 3.8) is 0 Å². The van der Waals surface area contributed by atoms with E-state index in [9.17, 15) is 37.6 Å². The summed E-state index contributed by atoms with van der Waals surface area (Å²) >= 11 is 6.28. The SMILES string of the molecule is CC1(C)CCC(CN2CCN(c3ccc(C(=O)NS(=O)(=O)c4ccc(NCC5CCCN(CCCCC#Cc6ccc7c(c6)C(=O)N(C6CCC(=O)NC6=O)C7=O)C5)c(NO)c4)c(Oc4cnc5[nH]ccc5c4)c3)CC2)=C(c2ccc(Cl)cc2)C1. The number of rotatable bonds is 18. The molecule has 0 radical (unpaired) electrons. The predicted octanol–water partition coefficient (Wildman–Crippen LogP) is 9.46. The number of ether oxygens (including phenoxy) is 1. The Morgan fingerprint density at radius 1 is 0.871 bits per heavy atom. The Bertz CT molecular complexity index is 3790. The van der Waals surface area contributed by atoms with Crippen LogP contribution in [-0.4, -0.2) is 133 Å². The van der Waals surface area contributed by atoms with Gasteiger partial charge in [0.25, 0.3) is 27.7 Å². The largest absolute Gasteiger partial charge is 0.455 e. The van der Waals surface area contributed by atoms with E-state index in [-0.39, 0.29) is 57.2 Å². The van der Waals surface area contributed by atoms with Crippen molar-refractivity contribution in [2.75, 3.05) is 74.6 Å². The Morgan fingerprint density at radius 2 is 1.68 bits per heavy atom. The zero-order chi connectivity index (χ0) is 59.4. The number of aromatic nitrogens is 2. The van der Waals surface area contributed by atoms with Crippen LogP contribution in [0.15, 0.2) is 114 Å². The highest BCUT2D eigenvalue weighted by Crippen LogP contribution is 2.44. The number of hydrogen-bond donors (Lipinski definition) is 6. The van der Waals surface area contributed by atoms with E-state index in [1.807, 2.05) is 24.3 Å². The number of nitrogens with one attached hydrogen (secondary N) is 5. The molecule has 19 nitrogen and oxygen atoms in total. The molecule has 2 aromatic heterocycles. The molecule has 6 heterocycles. The molecule has 21 heteroatoms. The fourth-order valence-electron chi connectivity index (χ4n) is 12.2. The van der Waals surface area contributed by atoms with Gasteiger partial charge in [-0.1, -0.05) is 55.0 Å². The van der Waals surface area contributed by atoms with Gasteiger partial charge in [0, 0.05) is 92.6 Å². The second-order valence-corrected chi connectivity index (χ2v) is 25.6. The van der Waals surface area contributed by atoms with Crippen LogP contribution in [0.4, 0.5) is 17.1 Å². The Morgan fingerprint density at radius 3 is 2.48 bits per heavy atom. The minimum Gasteiger partial charge on any atom is -0.455 e. The number of fused-ring (bicyclic) bond motifs is 2. The molecular weight excluding hydrogens is 1120 g/mol. The van der Waals surface area contributed by atoms with E-state index in [4.69, 9.17) is 16.3 Å². The molecule has 2 unspecified atom stereocenters. The van der Waals surface area contributed by atoms with Crippen molar-refractivity contribution >= 4 is 84.8 Å². The number of nitrogens with zero attached hydrogens (tertiary/aromatic N) is 5. The van der Waals surface area contributed by atoms with E-state index in [0.717, 1.165) is 118 Å². The van der Waals surface area contributed by atoms with Crippen molar-refractivity contribution in [3.8, 4) is 23.3 Å². The third kappa shape index (κ3) is 13.6. The number of halogens is 1. The van der Waals surface area contributed by atoms with Crippen molar-refractivity contribution in [2.24, 2.45) is 11.3 Å². The predicted molar refractivity (Wildman–Crippen MR) is 325 cm³/mol. The lowest BCUT2D eigenvalue weighted by Gasteiger charge is -2.39. The number of unbranched alkanes of at least 4 members (excludes halogenated alkanes) is 2. The summed E-state index contributed by atoms with van der Waals surface area (Å²) in [6, 6.07) is 25.1. The summed E-state index contributed by atoms with van der Waals surface area (Å²) in [7, 11) is -4.47. The average molecular weight is 1190 g/mol. The minimum atomic E-state index is -4.47. The number of sulfonamides is 1. The molecule has 5 aliphatic rings. The molecule has 11 rings (SSSR count). The molecule has 0 bridgehead atoms. The molecule has 0 spiro atoms. The lowest BCUT2D eigenvalue weighted by Crippen LogP contribution is -2.54. The first-order valence-electron chi connectivity index (χ1n) is 29.1. The van der Waals surface area contributed by atoms with Gasteiger partial charge < -0.3 is 24.8 Å². The molecule has 4 aromatic carbocycles. The number of carbonyl (C=O) groups excluding carboxylic acids is 5. The van der Waals surface area contributed by atoms with Gasteiger partial charge in [0.2, 0.25) is 11.8 Å². The van der Waals surface area contributed by atoms with Gasteiger partial charge in [-0.15, -0.1) is 0 Å². The van der Waals surface area contributed by atoms with Crippen molar-refractivity contribution in [2.45, 2.75) is 89.0 Å². The number of allylic oxidation sites excluding steroid dienone is 1. The fourth-order valence-corrected chi connectivity index (χ4v) is 13.3. The van der Waals surface area contributed by atoms with E-state index >= 15 is 0 Å². The van der Waals surface area contributed by atoms with Gasteiger partial charge in [-0.05, 0) is 160 Å². The van der Waals surface area contributed by atoms with Crippen LogP contribution in [0.5, 0.6) is 11.5 Å². The number of piperidine rings is 2. The summed E-state index contributed by atoms with van der Waals surface area (Å²) in [5.74, 6) is 4.01. The van der Waals surface area contributed by atoms with E-state index in [1.54, 1.807) is 54.9 Å². The number of benzene rings is 4. The molecule has 3 saturated heterocycles. The first-order chi connectivity index (χ1) is 41.0. The fraction of sp³-hybridized carbons (Fsp3) is 0.375. The third-order valence-electron chi connectivity index (χ3n) is 16.9. The molecule has 5 amide bonds. The number of amides is 5. The third-order valence-corrected chi connectivity index (χ3v) is 18.5. The molecule has 1 aliphatic carbocycles. The van der Waals surface area contributed by atoms with Gasteiger partial charge in [-0.25, -0.2) is 18.1 Å². The number of carbonyl (C=O) groups is 5. The zero-order valence-corrected chi connectivity index (χ0v) is 49.2. The number of aromatic amines is 1. The van der Waals surface area contributed by atoms with Gasteiger partial charge in [-0.2, -0.15) is 0 Å². The second kappa shape index (κ2) is 25.3. The monoisotopic (exact) mass is 1190 g/mol. The number of anilines is 3. The van der Waals surface area contributed by atoms with Gasteiger partial charge in [0.15, 0.2) is 0 Å². The second-order valence-electron chi connectivity index (χ2n) is 23.5. The minimum absolute atomic E-state index is 0.00533. The summed E-state index contributed by atoms with van der Waals surface area (Å²) < 4.78 is 36.7. The van der Waals surface area contributed by atoms with Crippen LogP contribution in [0, 0.1) is 23.2 Å². The van der Waals surface area contributed by atoms with E-state index in [1.165, 1.54) is 28.8 Å². The molecule has 0 saturated carbocycles. The Hall–Kier alpha value is -8.06. The summed E-state index contributed by atoms with van der Waals surface area (Å²) in [6.45, 7) is 11.9. The molecular formula is C64H69ClN10O9S. The lowest BCUT2D eigenvalue weighted by molar-refractivity contribution is -0.136. The van der Waals surface area contributed by atoms with Crippen LogP contribution < -0.4 is 30.5 Å². The van der Waals surface area contributed by atoms with E-state index in [0.29, 0.717) is 35.6 Å². The van der Waals surface area contributed by atoms with Gasteiger partial charge in [-0.3, -0.25) is 49.8 Å². The molecule has 3 fully saturated rings. The summed E-state index contributed by atoms with van der Waals surface area (Å²) in [4.78, 5) is 80.0. The molecule has 442 valence electrons. The van der Waals surface area contributed by atoms with Crippen LogP contribution in [-0.2, 0) is 19.6 Å². The van der Waals surface area contributed by atoms with Crippen molar-refractivity contribution in [1.29, 1.82) is 0 Å². The molecule has 2 atom stereocenters. The number of H-pyrrole nitrogens is 1. The molecule has 4 aliphatic heterocycles. The summed E-state index contributed by atoms with van der Waals surface area (Å²) in [6.07, 6.45) is 11.0. The molecule has 85 heavy (non-hydrogen) atoms. The van der Waals surface area contributed by atoms with Crippen molar-refractivity contribution in [1.82, 2.24) is 34.7 Å². The van der Waals surface area contributed by atoms with Crippen LogP contribution in [0.25, 0.3) is 16.6 Å². The normalized spacial score (nSPS) is 19.3. The lowest BCUT2D eigenvalue weighted by atomic mass is 9.72. The van der Waals surface area contributed by atoms with Crippen LogP contribution in [0.3, 0.4) is 0 Å². The average Bonchev–Trinajstić information content (AvgIpc) is 4.04. The van der Waals surface area contributed by atoms with Crippen LogP contribution >= 0.6 is 11.6 Å². The smallest absolute Gasteiger partial charge is 0.268 e. The molecule has 6 aromatic rings. The maximum atomic E-state index is 14.2. The number of hydrogen-bond acceptors (Lipinski definition) is 15. The van der Waals surface area contributed by atoms with Crippen molar-refractivity contribution in [3.05, 3.63) is 142 Å². The number of pyridine rings is 1. The first-order valence-corrected chi connectivity index (χ1v) is 30.9. The van der Waals surface area contributed by atoms with Crippen molar-refractivity contribution < 1.29 is 42.3 Å². The summed E-state index contributed by atoms with van der Waals surface area (Å²) in [5.41, 5.74) is 9.59. The Labute approximate surface area is 499 Å². The van der Waals surface area contributed by atoms with Crippen LogP contribution in [0.1, 0.15) is 120 Å². The maximum Gasteiger partial charge on any atom is 0.268 e. The quantitative estimate of drug-likeness (QED) is 0.0203. The highest BCUT2D eigenvalue weighted by molar-refractivity contribution is 7.90. The zero-order valence-electron chi connectivity index (χ0n) is 47.6. The van der Waals surface area contributed by atoms with Gasteiger partial charge >= 0.3 is 0 Å². The number of imide groups is 2. The molecule has 6 N–H and O–H groups in total. The standard InChI is InChI=1S/C64H69ClN10O9S/c1-64(2)24-22-45(53(36-64)43-11-13-46(65)14-12-43)40-73-28-30-74(31-29-73)47-15-18-51(57(34-47)84-48-33-44-23-25-66-59(44)68-38-48)60(77)71-85(82,83)49-16-19-54(55(35-49)70-81)67-37-42-9-7-27-72(39-42)26-6-4-3-5-8-41-10-17-50-52(32-41)63(80)75(62(50)79)56-20-21-58(76)69-61(56)78/h10-19,23,25,32-35,38,42,56,67,70,81H,3-4,6-7,9,20-22,24,26-31,36-37,39-40H2,1-2H3,(H,66,68)(H,71,77)(H,69,76,78). The number of likely N-dealkylation sites (tertiary alicyclic amines) is 1. The maximum absolute atomic E-state index is 14.2. The number of piperazine rings is 1. The highest BCUT2D eigenvalue weighted by Gasteiger charge is 2.45. The Balaban J connectivity index is 0.683. The Kier molecular flexibility index (Phi) is 17.4. The van der Waals surface area contributed by atoms with E-state index in [2.05, 4.69) is 83.3 Å². The first kappa shape index (κ1) is 58.7. The topological polar surface area (TPSA) is 239 Å². The van der Waals surface area contributed by atoms with E-state index < -0.39 is 45.6 Å². The van der Waals surface area contributed by atoms with Gasteiger partial charge in [0.05, 0.1) is 39.2 Å². The van der Waals surface area contributed by atoms with Gasteiger partial charge in [0.1, 0.15) is 23.2 Å². The summed E-state index contributed by atoms with van der Waals surface area (Å²) in [5, 5.41) is 17.4.